The topological polar surface area (TPSA) is 30.5 Å². The minimum absolute atomic E-state index is 0.133. The zero-order chi connectivity index (χ0) is 14.5. The Morgan fingerprint density at radius 1 is 1.24 bits per heavy atom. The zero-order valence-electron chi connectivity index (χ0n) is 13.1. The van der Waals surface area contributed by atoms with Crippen LogP contribution in [0, 0.1) is 0 Å². The molecule has 0 bridgehead atoms. The molecule has 21 heavy (non-hydrogen) atoms. The van der Waals surface area contributed by atoms with Crippen LogP contribution in [0.2, 0.25) is 0 Å². The molecule has 3 nitrogen and oxygen atoms in total. The molecule has 1 aliphatic heterocycles. The molecule has 3 heteroatoms. The molecule has 1 spiro atoms. The van der Waals surface area contributed by atoms with Crippen LogP contribution >= 0.6 is 0 Å². The summed E-state index contributed by atoms with van der Waals surface area (Å²) in [6.45, 7) is 4.91. The molecular weight excluding hydrogens is 262 g/mol. The molecule has 1 saturated carbocycles. The Hall–Kier alpha value is -1.06. The molecule has 1 unspecified atom stereocenters. The van der Waals surface area contributed by atoms with Gasteiger partial charge in [-0.05, 0) is 37.1 Å². The quantitative estimate of drug-likeness (QED) is 0.897. The van der Waals surface area contributed by atoms with E-state index in [0.29, 0.717) is 6.10 Å². The van der Waals surface area contributed by atoms with Crippen LogP contribution in [0.15, 0.2) is 24.3 Å². The third kappa shape index (κ3) is 3.78. The van der Waals surface area contributed by atoms with Crippen molar-refractivity contribution in [2.45, 2.75) is 63.7 Å². The number of nitrogens with one attached hydrogen (secondary N) is 1. The first-order valence-corrected chi connectivity index (χ1v) is 8.40. The first kappa shape index (κ1) is 14.9. The van der Waals surface area contributed by atoms with Gasteiger partial charge in [-0.3, -0.25) is 0 Å². The summed E-state index contributed by atoms with van der Waals surface area (Å²) >= 11 is 0. The predicted molar refractivity (Wildman–Crippen MR) is 84.6 cm³/mol. The summed E-state index contributed by atoms with van der Waals surface area (Å²) in [5.41, 5.74) is 1.44. The average molecular weight is 289 g/mol. The summed E-state index contributed by atoms with van der Waals surface area (Å²) in [6.07, 6.45) is 7.45. The summed E-state index contributed by atoms with van der Waals surface area (Å²) in [7, 11) is 0. The fraction of sp³-hybridized carbons (Fsp3) is 0.667. The van der Waals surface area contributed by atoms with Gasteiger partial charge in [-0.15, -0.1) is 0 Å². The Balaban J connectivity index is 1.55. The molecule has 1 aromatic rings. The predicted octanol–water partition coefficient (Wildman–Crippen LogP) is 3.67. The van der Waals surface area contributed by atoms with Crippen molar-refractivity contribution in [1.82, 2.24) is 5.32 Å². The van der Waals surface area contributed by atoms with E-state index in [4.69, 9.17) is 9.47 Å². The van der Waals surface area contributed by atoms with Crippen molar-refractivity contribution in [3.05, 3.63) is 29.8 Å². The minimum Gasteiger partial charge on any atom is -0.490 e. The van der Waals surface area contributed by atoms with Crippen molar-refractivity contribution >= 4 is 0 Å². The Labute approximate surface area is 128 Å². The van der Waals surface area contributed by atoms with E-state index >= 15 is 0 Å². The summed E-state index contributed by atoms with van der Waals surface area (Å²) in [5.74, 6) is 0.996. The van der Waals surface area contributed by atoms with Gasteiger partial charge < -0.3 is 14.8 Å². The van der Waals surface area contributed by atoms with Gasteiger partial charge in [0, 0.05) is 19.4 Å². The van der Waals surface area contributed by atoms with Gasteiger partial charge in [0.25, 0.3) is 0 Å². The fourth-order valence-corrected chi connectivity index (χ4v) is 3.60. The largest absolute Gasteiger partial charge is 0.490 e. The van der Waals surface area contributed by atoms with Gasteiger partial charge in [-0.25, -0.2) is 0 Å². The molecule has 1 aliphatic carbocycles. The lowest BCUT2D eigenvalue weighted by molar-refractivity contribution is -0.108. The van der Waals surface area contributed by atoms with Crippen molar-refractivity contribution in [2.75, 3.05) is 13.2 Å². The highest BCUT2D eigenvalue weighted by atomic mass is 16.5. The maximum absolute atomic E-state index is 6.20. The fourth-order valence-electron chi connectivity index (χ4n) is 3.60. The normalized spacial score (nSPS) is 24.3. The van der Waals surface area contributed by atoms with E-state index in [9.17, 15) is 0 Å². The van der Waals surface area contributed by atoms with Crippen LogP contribution in [0.4, 0.5) is 0 Å². The Morgan fingerprint density at radius 3 is 2.71 bits per heavy atom. The van der Waals surface area contributed by atoms with Gasteiger partial charge in [0.2, 0.25) is 0 Å². The first-order chi connectivity index (χ1) is 10.3. The van der Waals surface area contributed by atoms with Crippen LogP contribution in [-0.4, -0.2) is 24.9 Å². The molecule has 1 heterocycles. The highest BCUT2D eigenvalue weighted by molar-refractivity contribution is 5.27. The molecule has 2 aliphatic rings. The highest BCUT2D eigenvalue weighted by Gasteiger charge is 2.40. The molecule has 0 radical (unpaired) electrons. The third-order valence-corrected chi connectivity index (χ3v) is 4.77. The Bertz CT molecular complexity index is 437. The molecule has 1 aromatic carbocycles. The Kier molecular flexibility index (Phi) is 4.81. The lowest BCUT2D eigenvalue weighted by atomic mass is 9.90. The van der Waals surface area contributed by atoms with E-state index in [2.05, 4.69) is 36.5 Å². The number of hydrogen-bond acceptors (Lipinski definition) is 3. The summed E-state index contributed by atoms with van der Waals surface area (Å²) in [6, 6.07) is 8.51. The van der Waals surface area contributed by atoms with Crippen LogP contribution < -0.4 is 10.1 Å². The van der Waals surface area contributed by atoms with Crippen molar-refractivity contribution in [3.8, 4) is 5.75 Å². The van der Waals surface area contributed by atoms with Gasteiger partial charge in [0.15, 0.2) is 0 Å². The van der Waals surface area contributed by atoms with E-state index in [-0.39, 0.29) is 5.60 Å². The lowest BCUT2D eigenvalue weighted by Crippen LogP contribution is -2.41. The van der Waals surface area contributed by atoms with Gasteiger partial charge in [0.1, 0.15) is 11.9 Å². The third-order valence-electron chi connectivity index (χ3n) is 4.77. The van der Waals surface area contributed by atoms with Gasteiger partial charge in [0.05, 0.1) is 12.2 Å². The molecule has 1 atom stereocenters. The van der Waals surface area contributed by atoms with E-state index in [1.165, 1.54) is 31.2 Å². The number of rotatable bonds is 5. The first-order valence-electron chi connectivity index (χ1n) is 8.40. The van der Waals surface area contributed by atoms with Crippen LogP contribution in [0.25, 0.3) is 0 Å². The standard InChI is InChI=1S/C18H27NO2/c1-2-19-14-15-5-7-16(8-6-15)21-17-9-12-20-18(13-17)10-3-4-11-18/h5-8,17,19H,2-4,9-14H2,1H3. The zero-order valence-corrected chi connectivity index (χ0v) is 13.1. The lowest BCUT2D eigenvalue weighted by Gasteiger charge is -2.38. The van der Waals surface area contributed by atoms with E-state index < -0.39 is 0 Å². The second kappa shape index (κ2) is 6.80. The van der Waals surface area contributed by atoms with Crippen molar-refractivity contribution in [2.24, 2.45) is 0 Å². The number of benzene rings is 1. The molecular formula is C18H27NO2. The second-order valence-corrected chi connectivity index (χ2v) is 6.40. The SMILES string of the molecule is CCNCc1ccc(OC2CCOC3(CCCC3)C2)cc1. The van der Waals surface area contributed by atoms with Crippen molar-refractivity contribution in [3.63, 3.8) is 0 Å². The van der Waals surface area contributed by atoms with Crippen LogP contribution in [0.1, 0.15) is 51.0 Å². The van der Waals surface area contributed by atoms with Crippen molar-refractivity contribution in [1.29, 1.82) is 0 Å². The van der Waals surface area contributed by atoms with Crippen LogP contribution in [0.3, 0.4) is 0 Å². The number of hydrogen-bond donors (Lipinski definition) is 1. The van der Waals surface area contributed by atoms with Crippen molar-refractivity contribution < 1.29 is 9.47 Å². The maximum Gasteiger partial charge on any atom is 0.119 e. The molecule has 1 N–H and O–H groups in total. The molecule has 0 amide bonds. The average Bonchev–Trinajstić information content (AvgIpc) is 2.94. The maximum atomic E-state index is 6.20. The smallest absolute Gasteiger partial charge is 0.119 e. The number of ether oxygens (including phenoxy) is 2. The molecule has 3 rings (SSSR count). The Morgan fingerprint density at radius 2 is 2.00 bits per heavy atom. The van der Waals surface area contributed by atoms with Crippen LogP contribution in [-0.2, 0) is 11.3 Å². The van der Waals surface area contributed by atoms with E-state index in [0.717, 1.165) is 38.3 Å². The molecule has 116 valence electrons. The summed E-state index contributed by atoms with van der Waals surface area (Å²) in [4.78, 5) is 0. The highest BCUT2D eigenvalue weighted by Crippen LogP contribution is 2.40. The molecule has 1 saturated heterocycles. The van der Waals surface area contributed by atoms with Gasteiger partial charge in [-0.1, -0.05) is 31.9 Å². The second-order valence-electron chi connectivity index (χ2n) is 6.40. The van der Waals surface area contributed by atoms with Gasteiger partial charge in [-0.2, -0.15) is 0 Å². The minimum atomic E-state index is 0.133. The van der Waals surface area contributed by atoms with Crippen LogP contribution in [0.5, 0.6) is 5.75 Å². The summed E-state index contributed by atoms with van der Waals surface area (Å²) < 4.78 is 12.3. The van der Waals surface area contributed by atoms with Gasteiger partial charge >= 0.3 is 0 Å². The molecule has 0 aromatic heterocycles. The van der Waals surface area contributed by atoms with E-state index in [1.807, 2.05) is 0 Å². The molecule has 2 fully saturated rings. The summed E-state index contributed by atoms with van der Waals surface area (Å²) in [5, 5.41) is 3.34. The monoisotopic (exact) mass is 289 g/mol. The van der Waals surface area contributed by atoms with E-state index in [1.54, 1.807) is 0 Å².